The van der Waals surface area contributed by atoms with Crippen molar-refractivity contribution in [1.29, 1.82) is 0 Å². The molecule has 1 aliphatic rings. The van der Waals surface area contributed by atoms with Crippen molar-refractivity contribution in [3.05, 3.63) is 93.2 Å². The van der Waals surface area contributed by atoms with E-state index in [1.807, 2.05) is 12.1 Å². The first-order valence-corrected chi connectivity index (χ1v) is 12.2. The van der Waals surface area contributed by atoms with Gasteiger partial charge in [-0.25, -0.2) is 4.68 Å². The Morgan fingerprint density at radius 1 is 1.11 bits per heavy atom. The molecule has 4 aromatic rings. The van der Waals surface area contributed by atoms with Crippen molar-refractivity contribution in [2.75, 3.05) is 11.9 Å². The molecule has 1 amide bonds. The number of nitrogens with one attached hydrogen (secondary N) is 1. The van der Waals surface area contributed by atoms with Gasteiger partial charge < -0.3 is 19.9 Å². The maximum absolute atomic E-state index is 12.7. The van der Waals surface area contributed by atoms with Crippen LogP contribution in [0.3, 0.4) is 0 Å². The molecule has 0 radical (unpaired) electrons. The zero-order chi connectivity index (χ0) is 26.1. The largest absolute Gasteiger partial charge is 0.492 e. The van der Waals surface area contributed by atoms with Gasteiger partial charge in [-0.2, -0.15) is 5.10 Å². The number of carbonyl (C=O) groups is 2. The highest BCUT2D eigenvalue weighted by Gasteiger charge is 2.32. The highest BCUT2D eigenvalue weighted by Crippen LogP contribution is 2.48. The van der Waals surface area contributed by atoms with Crippen molar-refractivity contribution in [3.63, 3.8) is 0 Å². The molecule has 8 nitrogen and oxygen atoms in total. The molecule has 188 valence electrons. The highest BCUT2D eigenvalue weighted by atomic mass is 35.5. The SMILES string of the molecule is O=C(Nc1cnn(-c2cccc(Cl)c2)c1)c1ccc(Oc2c(Cl)cc3c(c2Cl)OCCC3C(=O)O)cc1. The molecule has 1 aliphatic heterocycles. The van der Waals surface area contributed by atoms with Gasteiger partial charge in [0.15, 0.2) is 5.75 Å². The van der Waals surface area contributed by atoms with Crippen LogP contribution in [0.5, 0.6) is 17.2 Å². The van der Waals surface area contributed by atoms with Crippen LogP contribution in [0.4, 0.5) is 5.69 Å². The van der Waals surface area contributed by atoms with Crippen LogP contribution in [0.2, 0.25) is 15.1 Å². The van der Waals surface area contributed by atoms with Crippen molar-refractivity contribution < 1.29 is 24.2 Å². The summed E-state index contributed by atoms with van der Waals surface area (Å²) in [5, 5.41) is 17.4. The number of nitrogens with zero attached hydrogens (tertiary/aromatic N) is 2. The fourth-order valence-corrected chi connectivity index (χ4v) is 4.72. The Hall–Kier alpha value is -3.72. The van der Waals surface area contributed by atoms with Crippen LogP contribution in [-0.4, -0.2) is 33.4 Å². The standard InChI is InChI=1S/C26H18Cl3N3O5/c27-15-2-1-3-17(10-15)32-13-16(12-30-32)31-25(33)14-4-6-18(7-5-14)37-24-21(28)11-20-19(26(34)35)8-9-36-23(20)22(24)29/h1-7,10-13,19H,8-9H2,(H,31,33)(H,34,35). The molecule has 0 aliphatic carbocycles. The number of hydrogen-bond donors (Lipinski definition) is 2. The summed E-state index contributed by atoms with van der Waals surface area (Å²) >= 11 is 18.9. The van der Waals surface area contributed by atoms with Crippen LogP contribution in [-0.2, 0) is 4.79 Å². The van der Waals surface area contributed by atoms with Crippen molar-refractivity contribution in [3.8, 4) is 22.9 Å². The Bertz CT molecular complexity index is 1500. The number of hydrogen-bond acceptors (Lipinski definition) is 5. The van der Waals surface area contributed by atoms with E-state index in [0.717, 1.165) is 5.69 Å². The van der Waals surface area contributed by atoms with Crippen LogP contribution < -0.4 is 14.8 Å². The van der Waals surface area contributed by atoms with E-state index < -0.39 is 11.9 Å². The predicted molar refractivity (Wildman–Crippen MR) is 140 cm³/mol. The van der Waals surface area contributed by atoms with Crippen LogP contribution in [0.15, 0.2) is 67.0 Å². The minimum absolute atomic E-state index is 0.0898. The number of carboxylic acid groups (broad SMARTS) is 1. The number of fused-ring (bicyclic) bond motifs is 1. The van der Waals surface area contributed by atoms with Gasteiger partial charge in [0.1, 0.15) is 16.5 Å². The van der Waals surface area contributed by atoms with Gasteiger partial charge in [0.25, 0.3) is 5.91 Å². The fourth-order valence-electron chi connectivity index (χ4n) is 3.93. The first-order chi connectivity index (χ1) is 17.8. The van der Waals surface area contributed by atoms with Crippen LogP contribution in [0.25, 0.3) is 5.69 Å². The van der Waals surface area contributed by atoms with Crippen LogP contribution in [0, 0.1) is 0 Å². The van der Waals surface area contributed by atoms with E-state index in [4.69, 9.17) is 44.3 Å². The van der Waals surface area contributed by atoms with E-state index in [2.05, 4.69) is 10.4 Å². The summed E-state index contributed by atoms with van der Waals surface area (Å²) in [6, 6.07) is 15.0. The second-order valence-electron chi connectivity index (χ2n) is 8.18. The van der Waals surface area contributed by atoms with Gasteiger partial charge in [-0.15, -0.1) is 0 Å². The number of amides is 1. The third-order valence-electron chi connectivity index (χ3n) is 5.74. The summed E-state index contributed by atoms with van der Waals surface area (Å²) in [5.74, 6) is -1.32. The molecule has 1 atom stereocenters. The Labute approximate surface area is 226 Å². The maximum Gasteiger partial charge on any atom is 0.311 e. The topological polar surface area (TPSA) is 103 Å². The lowest BCUT2D eigenvalue weighted by molar-refractivity contribution is -0.139. The van der Waals surface area contributed by atoms with E-state index in [0.29, 0.717) is 34.0 Å². The molecular formula is C26H18Cl3N3O5. The van der Waals surface area contributed by atoms with Gasteiger partial charge >= 0.3 is 5.97 Å². The lowest BCUT2D eigenvalue weighted by Crippen LogP contribution is -2.21. The quantitative estimate of drug-likeness (QED) is 0.269. The number of rotatable bonds is 6. The minimum atomic E-state index is -0.976. The van der Waals surface area contributed by atoms with Crippen molar-refractivity contribution in [2.24, 2.45) is 0 Å². The lowest BCUT2D eigenvalue weighted by Gasteiger charge is -2.25. The lowest BCUT2D eigenvalue weighted by atomic mass is 9.93. The summed E-state index contributed by atoms with van der Waals surface area (Å²) in [6.45, 7) is 0.215. The number of carboxylic acids is 1. The van der Waals surface area contributed by atoms with E-state index in [9.17, 15) is 14.7 Å². The minimum Gasteiger partial charge on any atom is -0.492 e. The molecule has 11 heteroatoms. The summed E-state index contributed by atoms with van der Waals surface area (Å²) in [5.41, 5.74) is 2.07. The molecule has 0 saturated carbocycles. The summed E-state index contributed by atoms with van der Waals surface area (Å²) in [4.78, 5) is 24.3. The van der Waals surface area contributed by atoms with Gasteiger partial charge in [0.2, 0.25) is 0 Å². The van der Waals surface area contributed by atoms with E-state index in [1.165, 1.54) is 12.3 Å². The number of aliphatic carboxylic acids is 1. The number of ether oxygens (including phenoxy) is 2. The molecule has 0 saturated heterocycles. The van der Waals surface area contributed by atoms with Crippen molar-refractivity contribution in [1.82, 2.24) is 9.78 Å². The zero-order valence-corrected chi connectivity index (χ0v) is 21.2. The van der Waals surface area contributed by atoms with E-state index >= 15 is 0 Å². The van der Waals surface area contributed by atoms with Gasteiger partial charge in [0, 0.05) is 16.1 Å². The average molecular weight is 559 g/mol. The molecule has 1 aromatic heterocycles. The number of anilines is 1. The second kappa shape index (κ2) is 10.3. The Kier molecular flexibility index (Phi) is 6.97. The third kappa shape index (κ3) is 5.22. The van der Waals surface area contributed by atoms with Gasteiger partial charge in [-0.05, 0) is 55.0 Å². The Balaban J connectivity index is 1.30. The number of carbonyl (C=O) groups excluding carboxylic acids is 1. The zero-order valence-electron chi connectivity index (χ0n) is 19.0. The van der Waals surface area contributed by atoms with E-state index in [1.54, 1.807) is 47.3 Å². The highest BCUT2D eigenvalue weighted by molar-refractivity contribution is 6.38. The summed E-state index contributed by atoms with van der Waals surface area (Å²) in [6.07, 6.45) is 3.53. The van der Waals surface area contributed by atoms with Gasteiger partial charge in [0.05, 0.1) is 41.3 Å². The molecular weight excluding hydrogens is 541 g/mol. The average Bonchev–Trinajstić information content (AvgIpc) is 3.35. The summed E-state index contributed by atoms with van der Waals surface area (Å²) < 4.78 is 13.1. The molecule has 0 fully saturated rings. The van der Waals surface area contributed by atoms with Gasteiger partial charge in [-0.3, -0.25) is 9.59 Å². The first kappa shape index (κ1) is 25.0. The molecule has 5 rings (SSSR count). The van der Waals surface area contributed by atoms with Gasteiger partial charge in [-0.1, -0.05) is 40.9 Å². The molecule has 1 unspecified atom stereocenters. The first-order valence-electron chi connectivity index (χ1n) is 11.1. The van der Waals surface area contributed by atoms with Crippen LogP contribution >= 0.6 is 34.8 Å². The summed E-state index contributed by atoms with van der Waals surface area (Å²) in [7, 11) is 0. The molecule has 0 spiro atoms. The van der Waals surface area contributed by atoms with Crippen molar-refractivity contribution in [2.45, 2.75) is 12.3 Å². The molecule has 3 aromatic carbocycles. The molecule has 0 bridgehead atoms. The number of halogens is 3. The van der Waals surface area contributed by atoms with E-state index in [-0.39, 0.29) is 34.1 Å². The monoisotopic (exact) mass is 557 g/mol. The third-order valence-corrected chi connectivity index (χ3v) is 6.60. The normalized spacial score (nSPS) is 14.4. The molecule has 2 N–H and O–H groups in total. The maximum atomic E-state index is 12.7. The van der Waals surface area contributed by atoms with Crippen LogP contribution in [0.1, 0.15) is 28.3 Å². The Morgan fingerprint density at radius 3 is 2.62 bits per heavy atom. The fraction of sp³-hybridized carbons (Fsp3) is 0.115. The molecule has 2 heterocycles. The second-order valence-corrected chi connectivity index (χ2v) is 9.40. The number of benzene rings is 3. The number of aromatic nitrogens is 2. The predicted octanol–water partition coefficient (Wildman–Crippen LogP) is 6.83. The smallest absolute Gasteiger partial charge is 0.311 e. The Morgan fingerprint density at radius 2 is 1.89 bits per heavy atom. The van der Waals surface area contributed by atoms with Crippen molar-refractivity contribution >= 4 is 52.4 Å². The molecule has 37 heavy (non-hydrogen) atoms.